The fourth-order valence-corrected chi connectivity index (χ4v) is 1.84. The van der Waals surface area contributed by atoms with Gasteiger partial charge in [0.2, 0.25) is 0 Å². The van der Waals surface area contributed by atoms with Gasteiger partial charge in [0, 0.05) is 5.69 Å². The minimum absolute atomic E-state index is 0.145. The molecule has 0 aliphatic heterocycles. The van der Waals surface area contributed by atoms with Crippen LogP contribution < -0.4 is 5.32 Å². The van der Waals surface area contributed by atoms with Crippen LogP contribution in [0, 0.1) is 0 Å². The highest BCUT2D eigenvalue weighted by molar-refractivity contribution is 5.87. The number of hydrogen-bond acceptors (Lipinski definition) is 5. The quantitative estimate of drug-likeness (QED) is 0.745. The number of aromatic carboxylic acids is 1. The molecule has 21 heavy (non-hydrogen) atoms. The second-order valence-corrected chi connectivity index (χ2v) is 4.33. The molecule has 0 aliphatic carbocycles. The predicted molar refractivity (Wildman–Crippen MR) is 74.4 cm³/mol. The van der Waals surface area contributed by atoms with Crippen molar-refractivity contribution in [1.29, 1.82) is 0 Å². The van der Waals surface area contributed by atoms with Crippen molar-refractivity contribution >= 4 is 11.7 Å². The number of nitrogens with zero attached hydrogens (tertiary/aromatic N) is 3. The zero-order valence-corrected chi connectivity index (χ0v) is 10.9. The molecule has 0 unspecified atom stereocenters. The van der Waals surface area contributed by atoms with Crippen molar-refractivity contribution in [2.24, 2.45) is 0 Å². The lowest BCUT2D eigenvalue weighted by Gasteiger charge is -2.05. The second kappa shape index (κ2) is 5.49. The third-order valence-corrected chi connectivity index (χ3v) is 2.88. The van der Waals surface area contributed by atoms with Gasteiger partial charge in [-0.05, 0) is 30.3 Å². The molecular weight excluding hydrogens is 272 g/mol. The van der Waals surface area contributed by atoms with Crippen LogP contribution in [0.1, 0.15) is 16.1 Å². The molecule has 0 amide bonds. The first-order chi connectivity index (χ1) is 10.2. The normalized spacial score (nSPS) is 10.5. The third-order valence-electron chi connectivity index (χ3n) is 2.88. The summed E-state index contributed by atoms with van der Waals surface area (Å²) in [4.78, 5) is 12.3. The number of benzene rings is 1. The van der Waals surface area contributed by atoms with E-state index in [4.69, 9.17) is 9.52 Å². The Kier molecular flexibility index (Phi) is 3.38. The van der Waals surface area contributed by atoms with Crippen LogP contribution >= 0.6 is 0 Å². The maximum Gasteiger partial charge on any atom is 0.338 e. The molecule has 3 aromatic rings. The zero-order valence-electron chi connectivity index (χ0n) is 10.9. The summed E-state index contributed by atoms with van der Waals surface area (Å²) in [6.07, 6.45) is 4.46. The van der Waals surface area contributed by atoms with E-state index in [9.17, 15) is 4.79 Å². The van der Waals surface area contributed by atoms with Crippen LogP contribution in [0.4, 0.5) is 5.69 Å². The predicted octanol–water partition coefficient (Wildman–Crippen LogP) is 2.17. The van der Waals surface area contributed by atoms with Gasteiger partial charge >= 0.3 is 5.97 Å². The topological polar surface area (TPSA) is 93.2 Å². The lowest BCUT2D eigenvalue weighted by Crippen LogP contribution is -2.01. The number of anilines is 1. The van der Waals surface area contributed by atoms with Gasteiger partial charge in [-0.2, -0.15) is 15.0 Å². The van der Waals surface area contributed by atoms with E-state index in [1.807, 2.05) is 24.3 Å². The second-order valence-electron chi connectivity index (χ2n) is 4.33. The van der Waals surface area contributed by atoms with Crippen LogP contribution in [0.15, 0.2) is 53.4 Å². The number of rotatable bonds is 5. The van der Waals surface area contributed by atoms with Crippen LogP contribution in [0.5, 0.6) is 0 Å². The number of aromatic nitrogens is 3. The van der Waals surface area contributed by atoms with Crippen LogP contribution in [0.25, 0.3) is 5.69 Å². The van der Waals surface area contributed by atoms with Crippen LogP contribution in [0.2, 0.25) is 0 Å². The molecule has 0 bridgehead atoms. The molecule has 3 rings (SSSR count). The lowest BCUT2D eigenvalue weighted by atomic mass is 10.2. The Morgan fingerprint density at radius 1 is 1.24 bits per heavy atom. The first-order valence-electron chi connectivity index (χ1n) is 6.24. The Hall–Kier alpha value is -3.09. The Balaban J connectivity index is 1.64. The van der Waals surface area contributed by atoms with Gasteiger partial charge in [0.05, 0.1) is 30.2 Å². The minimum Gasteiger partial charge on any atom is -0.478 e. The summed E-state index contributed by atoms with van der Waals surface area (Å²) in [5.74, 6) is -0.439. The van der Waals surface area contributed by atoms with E-state index < -0.39 is 5.97 Å². The number of hydrogen-bond donors (Lipinski definition) is 2. The van der Waals surface area contributed by atoms with Crippen molar-refractivity contribution in [1.82, 2.24) is 15.0 Å². The summed E-state index contributed by atoms with van der Waals surface area (Å²) in [7, 11) is 0. The standard InChI is InChI=1S/C14H12N4O3/c19-14(20)10-7-13(21-9-10)8-15-11-1-3-12(4-2-11)18-16-5-6-17-18/h1-7,9,15H,8H2,(H,19,20). The first kappa shape index (κ1) is 12.9. The van der Waals surface area contributed by atoms with Crippen molar-refractivity contribution in [3.05, 3.63) is 60.3 Å². The molecule has 2 heterocycles. The molecule has 7 nitrogen and oxygen atoms in total. The van der Waals surface area contributed by atoms with E-state index in [-0.39, 0.29) is 5.56 Å². The Morgan fingerprint density at radius 2 is 1.95 bits per heavy atom. The van der Waals surface area contributed by atoms with E-state index in [0.717, 1.165) is 11.4 Å². The first-order valence-corrected chi connectivity index (χ1v) is 6.24. The van der Waals surface area contributed by atoms with Crippen LogP contribution in [0.3, 0.4) is 0 Å². The van der Waals surface area contributed by atoms with Crippen LogP contribution in [-0.4, -0.2) is 26.1 Å². The molecule has 106 valence electrons. The van der Waals surface area contributed by atoms with Gasteiger partial charge in [0.15, 0.2) is 0 Å². The molecule has 2 aromatic heterocycles. The Morgan fingerprint density at radius 3 is 2.57 bits per heavy atom. The molecule has 0 radical (unpaired) electrons. The largest absolute Gasteiger partial charge is 0.478 e. The number of carboxylic acids is 1. The molecule has 0 saturated heterocycles. The van der Waals surface area contributed by atoms with E-state index in [1.165, 1.54) is 17.1 Å². The summed E-state index contributed by atoms with van der Waals surface area (Å²) in [6.45, 7) is 0.409. The maximum atomic E-state index is 10.7. The van der Waals surface area contributed by atoms with Gasteiger partial charge in [-0.3, -0.25) is 0 Å². The minimum atomic E-state index is -0.999. The molecule has 0 saturated carbocycles. The average molecular weight is 284 g/mol. The SMILES string of the molecule is O=C(O)c1coc(CNc2ccc(-n3nccn3)cc2)c1. The number of nitrogens with one attached hydrogen (secondary N) is 1. The smallest absolute Gasteiger partial charge is 0.338 e. The van der Waals surface area contributed by atoms with Gasteiger partial charge < -0.3 is 14.8 Å². The van der Waals surface area contributed by atoms with Gasteiger partial charge in [-0.25, -0.2) is 4.79 Å². The van der Waals surface area contributed by atoms with Gasteiger partial charge in [-0.15, -0.1) is 0 Å². The highest BCUT2D eigenvalue weighted by Gasteiger charge is 2.07. The zero-order chi connectivity index (χ0) is 14.7. The molecule has 0 aliphatic rings. The summed E-state index contributed by atoms with van der Waals surface area (Å²) in [5, 5.41) is 20.0. The third kappa shape index (κ3) is 2.92. The van der Waals surface area contributed by atoms with E-state index in [2.05, 4.69) is 15.5 Å². The number of furan rings is 1. The highest BCUT2D eigenvalue weighted by atomic mass is 16.4. The van der Waals surface area contributed by atoms with Crippen molar-refractivity contribution in [3.63, 3.8) is 0 Å². The summed E-state index contributed by atoms with van der Waals surface area (Å²) < 4.78 is 5.16. The van der Waals surface area contributed by atoms with Crippen LogP contribution in [-0.2, 0) is 6.54 Å². The number of carbonyl (C=O) groups is 1. The van der Waals surface area contributed by atoms with E-state index in [1.54, 1.807) is 12.4 Å². The lowest BCUT2D eigenvalue weighted by molar-refractivity contribution is 0.0696. The molecule has 0 spiro atoms. The van der Waals surface area contributed by atoms with Crippen molar-refractivity contribution in [2.75, 3.05) is 5.32 Å². The molecule has 2 N–H and O–H groups in total. The summed E-state index contributed by atoms with van der Waals surface area (Å²) in [6, 6.07) is 9.04. The van der Waals surface area contributed by atoms with E-state index in [0.29, 0.717) is 12.3 Å². The monoisotopic (exact) mass is 284 g/mol. The van der Waals surface area contributed by atoms with Crippen molar-refractivity contribution in [2.45, 2.75) is 6.54 Å². The van der Waals surface area contributed by atoms with Gasteiger partial charge in [-0.1, -0.05) is 0 Å². The molecular formula is C14H12N4O3. The molecule has 7 heteroatoms. The summed E-state index contributed by atoms with van der Waals surface area (Å²) in [5.41, 5.74) is 1.89. The maximum absolute atomic E-state index is 10.7. The average Bonchev–Trinajstić information content (AvgIpc) is 3.17. The fourth-order valence-electron chi connectivity index (χ4n) is 1.84. The fraction of sp³-hybridized carbons (Fsp3) is 0.0714. The van der Waals surface area contributed by atoms with Crippen molar-refractivity contribution in [3.8, 4) is 5.69 Å². The highest BCUT2D eigenvalue weighted by Crippen LogP contribution is 2.14. The molecule has 1 aromatic carbocycles. The molecule has 0 atom stereocenters. The Labute approximate surface area is 119 Å². The molecule has 0 fully saturated rings. The van der Waals surface area contributed by atoms with Gasteiger partial charge in [0.1, 0.15) is 12.0 Å². The van der Waals surface area contributed by atoms with Gasteiger partial charge in [0.25, 0.3) is 0 Å². The number of carboxylic acid groups (broad SMARTS) is 1. The summed E-state index contributed by atoms with van der Waals surface area (Å²) >= 11 is 0. The van der Waals surface area contributed by atoms with E-state index >= 15 is 0 Å². The van der Waals surface area contributed by atoms with Crippen molar-refractivity contribution < 1.29 is 14.3 Å². The Bertz CT molecular complexity index is 732.